The fourth-order valence-electron chi connectivity index (χ4n) is 2.94. The number of hydrogen-bond donors (Lipinski definition) is 1. The first-order valence-corrected chi connectivity index (χ1v) is 10.2. The van der Waals surface area contributed by atoms with Crippen molar-refractivity contribution in [1.29, 1.82) is 0 Å². The molecule has 6 heteroatoms. The first-order valence-electron chi connectivity index (χ1n) is 10.2. The van der Waals surface area contributed by atoms with Gasteiger partial charge in [0, 0.05) is 17.5 Å². The molecule has 1 amide bonds. The van der Waals surface area contributed by atoms with Crippen molar-refractivity contribution in [3.63, 3.8) is 0 Å². The summed E-state index contributed by atoms with van der Waals surface area (Å²) in [6.45, 7) is 9.78. The average molecular weight is 401 g/mol. The van der Waals surface area contributed by atoms with Crippen LogP contribution in [0.2, 0.25) is 0 Å². The van der Waals surface area contributed by atoms with E-state index in [-0.39, 0.29) is 24.8 Å². The lowest BCUT2D eigenvalue weighted by atomic mass is 9.97. The summed E-state index contributed by atoms with van der Waals surface area (Å²) in [6, 6.07) is 9.81. The molecule has 29 heavy (non-hydrogen) atoms. The van der Waals surface area contributed by atoms with Gasteiger partial charge in [-0.2, -0.15) is 0 Å². The molecule has 1 heterocycles. The van der Waals surface area contributed by atoms with Crippen LogP contribution in [0.25, 0.3) is 11.3 Å². The highest BCUT2D eigenvalue weighted by atomic mass is 16.6. The van der Waals surface area contributed by atoms with Gasteiger partial charge in [0.2, 0.25) is 5.91 Å². The third kappa shape index (κ3) is 7.72. The highest BCUT2D eigenvalue weighted by Crippen LogP contribution is 2.20. The molecule has 0 saturated heterocycles. The van der Waals surface area contributed by atoms with E-state index >= 15 is 0 Å². The van der Waals surface area contributed by atoms with E-state index in [9.17, 15) is 9.59 Å². The lowest BCUT2D eigenvalue weighted by Crippen LogP contribution is -2.33. The normalized spacial score (nSPS) is 12.4. The van der Waals surface area contributed by atoms with Crippen LogP contribution < -0.4 is 5.32 Å². The van der Waals surface area contributed by atoms with Crippen LogP contribution in [0.4, 0.5) is 0 Å². The number of unbranched alkanes of at least 4 members (excludes halogenated alkanes) is 1. The smallest absolute Gasteiger partial charge is 0.307 e. The molecule has 0 fully saturated rings. The van der Waals surface area contributed by atoms with Gasteiger partial charge in [-0.15, -0.1) is 0 Å². The third-order valence-corrected chi connectivity index (χ3v) is 4.45. The van der Waals surface area contributed by atoms with E-state index in [0.717, 1.165) is 24.1 Å². The Bertz CT molecular complexity index is 803. The molecule has 1 aromatic carbocycles. The molecule has 0 spiro atoms. The van der Waals surface area contributed by atoms with Crippen LogP contribution in [0.15, 0.2) is 34.9 Å². The molecular formula is C23H32N2O4. The lowest BCUT2D eigenvalue weighted by molar-refractivity contribution is -0.157. The maximum absolute atomic E-state index is 12.7. The fraction of sp³-hybridized carbons (Fsp3) is 0.522. The van der Waals surface area contributed by atoms with Crippen molar-refractivity contribution >= 4 is 11.9 Å². The minimum atomic E-state index is -0.560. The second kappa shape index (κ2) is 10.2. The minimum absolute atomic E-state index is 0.0775. The number of carbonyl (C=O) groups excluding carboxylic acids is 2. The van der Waals surface area contributed by atoms with Crippen LogP contribution in [-0.2, 0) is 20.9 Å². The number of ether oxygens (including phenoxy) is 1. The zero-order valence-electron chi connectivity index (χ0n) is 18.1. The van der Waals surface area contributed by atoms with E-state index < -0.39 is 11.5 Å². The molecule has 0 radical (unpaired) electrons. The number of hydrogen-bond acceptors (Lipinski definition) is 5. The Labute approximate surface area is 173 Å². The molecule has 0 aliphatic rings. The number of aryl methyl sites for hydroxylation is 1. The quantitative estimate of drug-likeness (QED) is 0.611. The Hall–Kier alpha value is -2.63. The van der Waals surface area contributed by atoms with Crippen molar-refractivity contribution in [3.8, 4) is 11.3 Å². The molecule has 0 unspecified atom stereocenters. The molecule has 0 aliphatic heterocycles. The SMILES string of the molecule is CCCC[C@H](CC(=O)OC(C)(C)C)C(=O)NCc1cc(-c2ccc(C)cc2)no1. The highest BCUT2D eigenvalue weighted by molar-refractivity contribution is 5.83. The molecule has 2 aromatic rings. The van der Waals surface area contributed by atoms with Crippen LogP contribution in [0.3, 0.4) is 0 Å². The summed E-state index contributed by atoms with van der Waals surface area (Å²) in [6.07, 6.45) is 2.56. The number of aromatic nitrogens is 1. The maximum Gasteiger partial charge on any atom is 0.307 e. The third-order valence-electron chi connectivity index (χ3n) is 4.45. The van der Waals surface area contributed by atoms with Crippen LogP contribution in [0.5, 0.6) is 0 Å². The molecule has 1 atom stereocenters. The molecule has 0 aliphatic carbocycles. The van der Waals surface area contributed by atoms with Gasteiger partial charge in [-0.3, -0.25) is 9.59 Å². The summed E-state index contributed by atoms with van der Waals surface area (Å²) >= 11 is 0. The van der Waals surface area contributed by atoms with Gasteiger partial charge in [0.25, 0.3) is 0 Å². The second-order valence-corrected chi connectivity index (χ2v) is 8.39. The minimum Gasteiger partial charge on any atom is -0.460 e. The van der Waals surface area contributed by atoms with Crippen molar-refractivity contribution < 1.29 is 18.8 Å². The average Bonchev–Trinajstić information content (AvgIpc) is 3.11. The maximum atomic E-state index is 12.7. The van der Waals surface area contributed by atoms with Crippen LogP contribution in [0.1, 0.15) is 64.7 Å². The van der Waals surface area contributed by atoms with Gasteiger partial charge in [0.05, 0.1) is 13.0 Å². The molecule has 0 saturated carbocycles. The Kier molecular flexibility index (Phi) is 8.00. The van der Waals surface area contributed by atoms with Crippen LogP contribution >= 0.6 is 0 Å². The Morgan fingerprint density at radius 1 is 1.21 bits per heavy atom. The number of rotatable bonds is 9. The van der Waals surface area contributed by atoms with Gasteiger partial charge in [-0.05, 0) is 34.1 Å². The van der Waals surface area contributed by atoms with Gasteiger partial charge in [0.15, 0.2) is 5.76 Å². The molecule has 0 bridgehead atoms. The molecule has 158 valence electrons. The van der Waals surface area contributed by atoms with E-state index in [1.165, 1.54) is 5.56 Å². The van der Waals surface area contributed by atoms with Gasteiger partial charge in [0.1, 0.15) is 11.3 Å². The number of esters is 1. The summed E-state index contributed by atoms with van der Waals surface area (Å²) in [5.74, 6) is -0.364. The highest BCUT2D eigenvalue weighted by Gasteiger charge is 2.25. The molecule has 6 nitrogen and oxygen atoms in total. The summed E-state index contributed by atoms with van der Waals surface area (Å²) < 4.78 is 10.7. The van der Waals surface area contributed by atoms with Crippen LogP contribution in [0, 0.1) is 12.8 Å². The van der Waals surface area contributed by atoms with Crippen LogP contribution in [-0.4, -0.2) is 22.6 Å². The van der Waals surface area contributed by atoms with Gasteiger partial charge in [-0.1, -0.05) is 54.8 Å². The van der Waals surface area contributed by atoms with E-state index in [2.05, 4.69) is 17.4 Å². The van der Waals surface area contributed by atoms with Crippen molar-refractivity contribution in [2.75, 3.05) is 0 Å². The van der Waals surface area contributed by atoms with E-state index in [0.29, 0.717) is 12.2 Å². The van der Waals surface area contributed by atoms with Crippen molar-refractivity contribution in [2.45, 2.75) is 72.4 Å². The van der Waals surface area contributed by atoms with Crippen molar-refractivity contribution in [3.05, 3.63) is 41.7 Å². The van der Waals surface area contributed by atoms with Crippen molar-refractivity contribution in [1.82, 2.24) is 10.5 Å². The largest absolute Gasteiger partial charge is 0.460 e. The molecule has 1 aromatic heterocycles. The Morgan fingerprint density at radius 2 is 1.90 bits per heavy atom. The summed E-state index contributed by atoms with van der Waals surface area (Å²) in [5.41, 5.74) is 2.30. The summed E-state index contributed by atoms with van der Waals surface area (Å²) in [4.78, 5) is 24.8. The topological polar surface area (TPSA) is 81.4 Å². The van der Waals surface area contributed by atoms with Gasteiger partial charge in [-0.25, -0.2) is 0 Å². The zero-order chi connectivity index (χ0) is 21.4. The zero-order valence-corrected chi connectivity index (χ0v) is 18.1. The Balaban J connectivity index is 1.95. The second-order valence-electron chi connectivity index (χ2n) is 8.39. The fourth-order valence-corrected chi connectivity index (χ4v) is 2.94. The monoisotopic (exact) mass is 400 g/mol. The summed E-state index contributed by atoms with van der Waals surface area (Å²) in [7, 11) is 0. The first kappa shape index (κ1) is 22.7. The molecule has 2 rings (SSSR count). The number of nitrogens with one attached hydrogen (secondary N) is 1. The molecular weight excluding hydrogens is 368 g/mol. The molecule has 1 N–H and O–H groups in total. The standard InChI is InChI=1S/C23H32N2O4/c1-6-7-8-18(13-21(26)28-23(3,4)5)22(27)24-15-19-14-20(25-29-19)17-11-9-16(2)10-12-17/h9-12,14,18H,6-8,13,15H2,1-5H3,(H,24,27)/t18-/m1/s1. The summed E-state index contributed by atoms with van der Waals surface area (Å²) in [5, 5.41) is 6.95. The lowest BCUT2D eigenvalue weighted by Gasteiger charge is -2.22. The van der Waals surface area contributed by atoms with Crippen molar-refractivity contribution in [2.24, 2.45) is 5.92 Å². The van der Waals surface area contributed by atoms with Gasteiger partial charge < -0.3 is 14.6 Å². The van der Waals surface area contributed by atoms with E-state index in [1.807, 2.05) is 58.0 Å². The first-order chi connectivity index (χ1) is 13.7. The van der Waals surface area contributed by atoms with E-state index in [1.54, 1.807) is 0 Å². The Morgan fingerprint density at radius 3 is 2.52 bits per heavy atom. The van der Waals surface area contributed by atoms with Gasteiger partial charge >= 0.3 is 5.97 Å². The number of carbonyl (C=O) groups is 2. The number of benzene rings is 1. The number of nitrogens with zero attached hydrogens (tertiary/aromatic N) is 1. The number of amides is 1. The van der Waals surface area contributed by atoms with E-state index in [4.69, 9.17) is 9.26 Å². The predicted molar refractivity (Wildman–Crippen MR) is 112 cm³/mol. The predicted octanol–water partition coefficient (Wildman–Crippen LogP) is 4.80.